The maximum absolute atomic E-state index is 11.8. The van der Waals surface area contributed by atoms with Crippen LogP contribution in [-0.4, -0.2) is 37.0 Å². The predicted octanol–water partition coefficient (Wildman–Crippen LogP) is 3.95. The van der Waals surface area contributed by atoms with Crippen molar-refractivity contribution in [1.29, 1.82) is 0 Å². The highest BCUT2D eigenvalue weighted by Crippen LogP contribution is 2.07. The second kappa shape index (κ2) is 13.1. The second-order valence-electron chi connectivity index (χ2n) is 6.64. The Morgan fingerprint density at radius 2 is 1.44 bits per heavy atom. The average molecular weight is 370 g/mol. The van der Waals surface area contributed by atoms with Crippen molar-refractivity contribution in [3.8, 4) is 0 Å². The summed E-state index contributed by atoms with van der Waals surface area (Å²) in [5.74, 6) is -0.239. The first-order chi connectivity index (χ1) is 13.3. The maximum atomic E-state index is 11.8. The fourth-order valence-electron chi connectivity index (χ4n) is 2.82. The van der Waals surface area contributed by atoms with Gasteiger partial charge in [0.15, 0.2) is 0 Å². The molecule has 0 heterocycles. The molecule has 1 unspecified atom stereocenters. The van der Waals surface area contributed by atoms with Crippen LogP contribution in [0.4, 0.5) is 0 Å². The summed E-state index contributed by atoms with van der Waals surface area (Å²) < 4.78 is 10.9. The van der Waals surface area contributed by atoms with Crippen molar-refractivity contribution in [2.75, 3.05) is 19.8 Å². The number of rotatable bonds is 13. The number of ether oxygens (including phenoxy) is 2. The predicted molar refractivity (Wildman–Crippen MR) is 107 cm³/mol. The minimum atomic E-state index is -0.445. The normalized spacial score (nSPS) is 11.9. The lowest BCUT2D eigenvalue weighted by Crippen LogP contribution is -2.26. The van der Waals surface area contributed by atoms with Gasteiger partial charge in [0.1, 0.15) is 12.7 Å². The van der Waals surface area contributed by atoms with Crippen molar-refractivity contribution in [3.63, 3.8) is 0 Å². The zero-order valence-corrected chi connectivity index (χ0v) is 15.9. The summed E-state index contributed by atoms with van der Waals surface area (Å²) in [7, 11) is 0. The molecule has 4 heteroatoms. The molecule has 0 spiro atoms. The van der Waals surface area contributed by atoms with Gasteiger partial charge in [0.25, 0.3) is 0 Å². The zero-order chi connectivity index (χ0) is 19.2. The molecule has 0 bridgehead atoms. The SMILES string of the molecule is O=C(CCCc1ccccc1)OCC(CO)OCCCCc1ccccc1. The van der Waals surface area contributed by atoms with Gasteiger partial charge in [-0.1, -0.05) is 60.7 Å². The van der Waals surface area contributed by atoms with E-state index in [0.717, 1.165) is 32.1 Å². The summed E-state index contributed by atoms with van der Waals surface area (Å²) in [5, 5.41) is 9.38. The molecule has 4 nitrogen and oxygen atoms in total. The second-order valence-corrected chi connectivity index (χ2v) is 6.64. The van der Waals surface area contributed by atoms with Crippen LogP contribution in [0.1, 0.15) is 36.8 Å². The number of esters is 1. The molecule has 1 atom stereocenters. The molecule has 2 aromatic carbocycles. The first-order valence-electron chi connectivity index (χ1n) is 9.74. The van der Waals surface area contributed by atoms with E-state index in [9.17, 15) is 9.90 Å². The van der Waals surface area contributed by atoms with E-state index in [0.29, 0.717) is 13.0 Å². The lowest BCUT2D eigenvalue weighted by molar-refractivity contribution is -0.149. The summed E-state index contributed by atoms with van der Waals surface area (Å²) in [6, 6.07) is 20.4. The molecule has 0 radical (unpaired) electrons. The van der Waals surface area contributed by atoms with Crippen molar-refractivity contribution in [3.05, 3.63) is 71.8 Å². The van der Waals surface area contributed by atoms with Crippen molar-refractivity contribution < 1.29 is 19.4 Å². The van der Waals surface area contributed by atoms with E-state index in [-0.39, 0.29) is 19.2 Å². The third-order valence-corrected chi connectivity index (χ3v) is 4.38. The third kappa shape index (κ3) is 9.36. The molecule has 2 rings (SSSR count). The van der Waals surface area contributed by atoms with Crippen molar-refractivity contribution >= 4 is 5.97 Å². The van der Waals surface area contributed by atoms with Gasteiger partial charge in [0, 0.05) is 13.0 Å². The largest absolute Gasteiger partial charge is 0.463 e. The number of carbonyl (C=O) groups is 1. The summed E-state index contributed by atoms with van der Waals surface area (Å²) >= 11 is 0. The number of aryl methyl sites for hydroxylation is 2. The van der Waals surface area contributed by atoms with Gasteiger partial charge < -0.3 is 14.6 Å². The monoisotopic (exact) mass is 370 g/mol. The summed E-state index contributed by atoms with van der Waals surface area (Å²) in [6.45, 7) is 0.527. The highest BCUT2D eigenvalue weighted by molar-refractivity contribution is 5.69. The van der Waals surface area contributed by atoms with Crippen LogP contribution in [0.3, 0.4) is 0 Å². The van der Waals surface area contributed by atoms with Gasteiger partial charge in [0.2, 0.25) is 0 Å². The van der Waals surface area contributed by atoms with Gasteiger partial charge in [-0.25, -0.2) is 0 Å². The maximum Gasteiger partial charge on any atom is 0.305 e. The molecule has 0 aliphatic carbocycles. The highest BCUT2D eigenvalue weighted by Gasteiger charge is 2.11. The number of unbranched alkanes of at least 4 members (excludes halogenated alkanes) is 1. The van der Waals surface area contributed by atoms with E-state index in [1.54, 1.807) is 0 Å². The molecule has 146 valence electrons. The summed E-state index contributed by atoms with van der Waals surface area (Å²) in [4.78, 5) is 11.8. The van der Waals surface area contributed by atoms with Crippen LogP contribution in [0.2, 0.25) is 0 Å². The Morgan fingerprint density at radius 3 is 2.04 bits per heavy atom. The smallest absolute Gasteiger partial charge is 0.305 e. The third-order valence-electron chi connectivity index (χ3n) is 4.38. The van der Waals surface area contributed by atoms with Crippen LogP contribution in [0.5, 0.6) is 0 Å². The van der Waals surface area contributed by atoms with E-state index < -0.39 is 6.10 Å². The minimum Gasteiger partial charge on any atom is -0.463 e. The molecule has 2 aromatic rings. The molecule has 27 heavy (non-hydrogen) atoms. The first-order valence-corrected chi connectivity index (χ1v) is 9.74. The van der Waals surface area contributed by atoms with Crippen molar-refractivity contribution in [2.24, 2.45) is 0 Å². The van der Waals surface area contributed by atoms with Gasteiger partial charge in [-0.15, -0.1) is 0 Å². The van der Waals surface area contributed by atoms with Crippen LogP contribution >= 0.6 is 0 Å². The Labute approximate surface area is 162 Å². The molecular weight excluding hydrogens is 340 g/mol. The first kappa shape index (κ1) is 21.1. The van der Waals surface area contributed by atoms with Crippen LogP contribution in [0.15, 0.2) is 60.7 Å². The van der Waals surface area contributed by atoms with Gasteiger partial charge in [-0.3, -0.25) is 4.79 Å². The number of aliphatic hydroxyl groups excluding tert-OH is 1. The van der Waals surface area contributed by atoms with E-state index in [2.05, 4.69) is 24.3 Å². The number of hydrogen-bond acceptors (Lipinski definition) is 4. The molecule has 0 amide bonds. The van der Waals surface area contributed by atoms with E-state index in [1.807, 2.05) is 36.4 Å². The Morgan fingerprint density at radius 1 is 0.852 bits per heavy atom. The van der Waals surface area contributed by atoms with Crippen LogP contribution < -0.4 is 0 Å². The molecule has 0 saturated heterocycles. The minimum absolute atomic E-state index is 0.110. The Bertz CT molecular complexity index is 627. The Kier molecular flexibility index (Phi) is 10.2. The standard InChI is InChI=1S/C23H30O4/c24-18-22(26-17-8-7-14-20-10-3-1-4-11-20)19-27-23(25)16-9-15-21-12-5-2-6-13-21/h1-6,10-13,22,24H,7-9,14-19H2. The molecular formula is C23H30O4. The summed E-state index contributed by atoms with van der Waals surface area (Å²) in [6.07, 6.45) is 4.51. The number of hydrogen-bond donors (Lipinski definition) is 1. The van der Waals surface area contributed by atoms with Crippen LogP contribution in [0.25, 0.3) is 0 Å². The van der Waals surface area contributed by atoms with Gasteiger partial charge in [0.05, 0.1) is 6.61 Å². The van der Waals surface area contributed by atoms with E-state index in [1.165, 1.54) is 11.1 Å². The lowest BCUT2D eigenvalue weighted by Gasteiger charge is -2.15. The quantitative estimate of drug-likeness (QED) is 0.428. The van der Waals surface area contributed by atoms with E-state index in [4.69, 9.17) is 9.47 Å². The fourth-order valence-corrected chi connectivity index (χ4v) is 2.82. The number of benzene rings is 2. The van der Waals surface area contributed by atoms with Crippen LogP contribution in [0, 0.1) is 0 Å². The van der Waals surface area contributed by atoms with Gasteiger partial charge in [-0.2, -0.15) is 0 Å². The summed E-state index contributed by atoms with van der Waals surface area (Å²) in [5.41, 5.74) is 2.54. The van der Waals surface area contributed by atoms with Gasteiger partial charge >= 0.3 is 5.97 Å². The molecule has 0 aliphatic rings. The molecule has 1 N–H and O–H groups in total. The average Bonchev–Trinajstić information content (AvgIpc) is 2.71. The van der Waals surface area contributed by atoms with Crippen molar-refractivity contribution in [2.45, 2.75) is 44.6 Å². The number of carbonyl (C=O) groups excluding carboxylic acids is 1. The molecule has 0 aliphatic heterocycles. The molecule has 0 fully saturated rings. The number of aliphatic hydroxyl groups is 1. The molecule has 0 saturated carbocycles. The van der Waals surface area contributed by atoms with Gasteiger partial charge in [-0.05, 0) is 43.2 Å². The zero-order valence-electron chi connectivity index (χ0n) is 15.9. The molecule has 0 aromatic heterocycles. The van der Waals surface area contributed by atoms with Crippen LogP contribution in [-0.2, 0) is 27.1 Å². The lowest BCUT2D eigenvalue weighted by atomic mass is 10.1. The van der Waals surface area contributed by atoms with E-state index >= 15 is 0 Å². The Hall–Kier alpha value is -2.17. The topological polar surface area (TPSA) is 55.8 Å². The fraction of sp³-hybridized carbons (Fsp3) is 0.435. The van der Waals surface area contributed by atoms with Crippen molar-refractivity contribution in [1.82, 2.24) is 0 Å². The highest BCUT2D eigenvalue weighted by atomic mass is 16.6. The Balaban J connectivity index is 1.51.